The monoisotopic (exact) mass is 302 g/mol. The number of methoxy groups -OCH3 is 1. The average Bonchev–Trinajstić information content (AvgIpc) is 2.85. The van der Waals surface area contributed by atoms with Gasteiger partial charge in [0.2, 0.25) is 0 Å². The van der Waals surface area contributed by atoms with Crippen molar-refractivity contribution in [3.8, 4) is 5.75 Å². The molecule has 2 rings (SSSR count). The number of benzene rings is 1. The minimum Gasteiger partial charge on any atom is -0.497 e. The topological polar surface area (TPSA) is 9.23 Å². The van der Waals surface area contributed by atoms with Gasteiger partial charge >= 0.3 is 0 Å². The average molecular weight is 302 g/mol. The second-order valence-corrected chi connectivity index (χ2v) is 8.17. The number of aryl methyl sites for hydroxylation is 1. The standard InChI is InChI=1S/C19H26OS/c1-13-7-12-17(21-13)18(14(2)19(3,4)5)15-8-10-16(20-6)11-9-15/h7-12,14,18H,1-6H3/t14-,18-/m0/s1. The predicted octanol–water partition coefficient (Wildman–Crippen LogP) is 5.88. The Morgan fingerprint density at radius 3 is 2.05 bits per heavy atom. The summed E-state index contributed by atoms with van der Waals surface area (Å²) in [4.78, 5) is 2.84. The first-order chi connectivity index (χ1) is 9.82. The molecule has 1 aromatic heterocycles. The van der Waals surface area contributed by atoms with E-state index in [1.807, 2.05) is 11.3 Å². The van der Waals surface area contributed by atoms with Gasteiger partial charge in [0.15, 0.2) is 0 Å². The number of rotatable bonds is 4. The van der Waals surface area contributed by atoms with E-state index in [4.69, 9.17) is 4.74 Å². The Hall–Kier alpha value is -1.28. The lowest BCUT2D eigenvalue weighted by Crippen LogP contribution is -2.24. The van der Waals surface area contributed by atoms with E-state index in [9.17, 15) is 0 Å². The van der Waals surface area contributed by atoms with Crippen molar-refractivity contribution in [3.63, 3.8) is 0 Å². The molecule has 2 heteroatoms. The van der Waals surface area contributed by atoms with Gasteiger partial charge in [-0.1, -0.05) is 39.8 Å². The highest BCUT2D eigenvalue weighted by molar-refractivity contribution is 7.12. The van der Waals surface area contributed by atoms with E-state index in [1.54, 1.807) is 7.11 Å². The lowest BCUT2D eigenvalue weighted by Gasteiger charge is -2.34. The van der Waals surface area contributed by atoms with E-state index < -0.39 is 0 Å². The van der Waals surface area contributed by atoms with Crippen LogP contribution in [0.15, 0.2) is 36.4 Å². The summed E-state index contributed by atoms with van der Waals surface area (Å²) in [7, 11) is 1.72. The van der Waals surface area contributed by atoms with Gasteiger partial charge in [0.25, 0.3) is 0 Å². The highest BCUT2D eigenvalue weighted by Crippen LogP contribution is 2.44. The Kier molecular flexibility index (Phi) is 4.77. The zero-order chi connectivity index (χ0) is 15.6. The molecule has 1 heterocycles. The zero-order valence-corrected chi connectivity index (χ0v) is 14.8. The summed E-state index contributed by atoms with van der Waals surface area (Å²) in [6.45, 7) is 11.5. The highest BCUT2D eigenvalue weighted by atomic mass is 32.1. The van der Waals surface area contributed by atoms with E-state index in [-0.39, 0.29) is 5.41 Å². The highest BCUT2D eigenvalue weighted by Gasteiger charge is 2.31. The first kappa shape index (κ1) is 16.1. The van der Waals surface area contributed by atoms with Crippen LogP contribution >= 0.6 is 11.3 Å². The van der Waals surface area contributed by atoms with E-state index in [0.717, 1.165) is 5.75 Å². The zero-order valence-electron chi connectivity index (χ0n) is 13.9. The number of hydrogen-bond acceptors (Lipinski definition) is 2. The molecule has 2 atom stereocenters. The van der Waals surface area contributed by atoms with Gasteiger partial charge in [0, 0.05) is 15.7 Å². The summed E-state index contributed by atoms with van der Waals surface area (Å²) in [6.07, 6.45) is 0. The molecule has 0 saturated carbocycles. The van der Waals surface area contributed by atoms with E-state index in [2.05, 4.69) is 71.0 Å². The molecule has 0 N–H and O–H groups in total. The van der Waals surface area contributed by atoms with Gasteiger partial charge in [0.1, 0.15) is 5.75 Å². The third kappa shape index (κ3) is 3.68. The van der Waals surface area contributed by atoms with Crippen molar-refractivity contribution in [2.75, 3.05) is 7.11 Å². The van der Waals surface area contributed by atoms with E-state index >= 15 is 0 Å². The van der Waals surface area contributed by atoms with Crippen LogP contribution in [0.4, 0.5) is 0 Å². The van der Waals surface area contributed by atoms with Crippen LogP contribution in [0.3, 0.4) is 0 Å². The first-order valence-corrected chi connectivity index (χ1v) is 8.35. The first-order valence-electron chi connectivity index (χ1n) is 7.53. The molecule has 0 fully saturated rings. The van der Waals surface area contributed by atoms with Crippen LogP contribution in [-0.2, 0) is 0 Å². The van der Waals surface area contributed by atoms with Crippen LogP contribution in [0.25, 0.3) is 0 Å². The third-order valence-electron chi connectivity index (χ3n) is 4.41. The fraction of sp³-hybridized carbons (Fsp3) is 0.474. The maximum absolute atomic E-state index is 5.29. The fourth-order valence-corrected chi connectivity index (χ4v) is 3.74. The summed E-state index contributed by atoms with van der Waals surface area (Å²) >= 11 is 1.91. The summed E-state index contributed by atoms with van der Waals surface area (Å²) in [5.41, 5.74) is 1.64. The molecule has 114 valence electrons. The fourth-order valence-electron chi connectivity index (χ4n) is 2.63. The number of hydrogen-bond donors (Lipinski definition) is 0. The van der Waals surface area contributed by atoms with Crippen LogP contribution in [0.5, 0.6) is 5.75 Å². The SMILES string of the molecule is COc1ccc([C@@H](c2ccc(C)s2)[C@H](C)C(C)(C)C)cc1. The van der Waals surface area contributed by atoms with Gasteiger partial charge in [-0.2, -0.15) is 0 Å². The number of thiophene rings is 1. The number of ether oxygens (including phenoxy) is 1. The maximum Gasteiger partial charge on any atom is 0.118 e. The molecule has 0 saturated heterocycles. The Balaban J connectivity index is 2.44. The van der Waals surface area contributed by atoms with Crippen molar-refractivity contribution in [3.05, 3.63) is 51.7 Å². The smallest absolute Gasteiger partial charge is 0.118 e. The molecule has 1 nitrogen and oxygen atoms in total. The van der Waals surface area contributed by atoms with Gasteiger partial charge in [-0.3, -0.25) is 0 Å². The van der Waals surface area contributed by atoms with Gasteiger partial charge in [-0.05, 0) is 48.1 Å². The molecule has 21 heavy (non-hydrogen) atoms. The molecule has 2 aromatic rings. The molecule has 0 unspecified atom stereocenters. The van der Waals surface area contributed by atoms with Crippen LogP contribution in [0.2, 0.25) is 0 Å². The predicted molar refractivity (Wildman–Crippen MR) is 92.5 cm³/mol. The van der Waals surface area contributed by atoms with Crippen LogP contribution in [-0.4, -0.2) is 7.11 Å². The molecule has 0 aliphatic rings. The van der Waals surface area contributed by atoms with Gasteiger partial charge in [-0.15, -0.1) is 11.3 Å². The minimum absolute atomic E-state index is 0.266. The Bertz CT molecular complexity index is 574. The Morgan fingerprint density at radius 2 is 1.62 bits per heavy atom. The molecule has 0 aliphatic heterocycles. The molecule has 0 radical (unpaired) electrons. The molecular weight excluding hydrogens is 276 g/mol. The lowest BCUT2D eigenvalue weighted by atomic mass is 9.71. The van der Waals surface area contributed by atoms with Crippen molar-refractivity contribution in [2.45, 2.75) is 40.5 Å². The normalized spacial score (nSPS) is 14.8. The molecule has 0 spiro atoms. The lowest BCUT2D eigenvalue weighted by molar-refractivity contribution is 0.239. The molecular formula is C19H26OS. The van der Waals surface area contributed by atoms with E-state index in [1.165, 1.54) is 15.3 Å². The summed E-state index contributed by atoms with van der Waals surface area (Å²) in [5, 5.41) is 0. The molecule has 0 bridgehead atoms. The van der Waals surface area contributed by atoms with Crippen molar-refractivity contribution >= 4 is 11.3 Å². The Morgan fingerprint density at radius 1 is 1.00 bits per heavy atom. The van der Waals surface area contributed by atoms with Crippen molar-refractivity contribution in [1.82, 2.24) is 0 Å². The minimum atomic E-state index is 0.266. The van der Waals surface area contributed by atoms with Crippen LogP contribution in [0.1, 0.15) is 48.9 Å². The van der Waals surface area contributed by atoms with Crippen molar-refractivity contribution in [1.29, 1.82) is 0 Å². The van der Waals surface area contributed by atoms with Crippen LogP contribution in [0, 0.1) is 18.3 Å². The third-order valence-corrected chi connectivity index (χ3v) is 5.49. The largest absolute Gasteiger partial charge is 0.497 e. The summed E-state index contributed by atoms with van der Waals surface area (Å²) in [6, 6.07) is 13.1. The maximum atomic E-state index is 5.29. The quantitative estimate of drug-likeness (QED) is 0.685. The molecule has 0 amide bonds. The second-order valence-electron chi connectivity index (χ2n) is 6.85. The van der Waals surface area contributed by atoms with Gasteiger partial charge in [-0.25, -0.2) is 0 Å². The Labute approximate surface area is 133 Å². The summed E-state index contributed by atoms with van der Waals surface area (Å²) < 4.78 is 5.29. The van der Waals surface area contributed by atoms with Gasteiger partial charge in [0.05, 0.1) is 7.11 Å². The molecule has 0 aliphatic carbocycles. The van der Waals surface area contributed by atoms with E-state index in [0.29, 0.717) is 11.8 Å². The van der Waals surface area contributed by atoms with Crippen molar-refractivity contribution < 1.29 is 4.74 Å². The summed E-state index contributed by atoms with van der Waals surface area (Å²) in [5.74, 6) is 1.92. The second kappa shape index (κ2) is 6.23. The van der Waals surface area contributed by atoms with Crippen LogP contribution < -0.4 is 4.74 Å². The van der Waals surface area contributed by atoms with Crippen molar-refractivity contribution in [2.24, 2.45) is 11.3 Å². The molecule has 1 aromatic carbocycles. The van der Waals surface area contributed by atoms with Gasteiger partial charge < -0.3 is 4.74 Å².